The summed E-state index contributed by atoms with van der Waals surface area (Å²) in [4.78, 5) is 14.2. The number of rotatable bonds is 5. The summed E-state index contributed by atoms with van der Waals surface area (Å²) in [5.41, 5.74) is 1.54. The number of carbonyl (C=O) groups is 1. The topological polar surface area (TPSA) is 53.3 Å². The molecule has 4 nitrogen and oxygen atoms in total. The normalized spacial score (nSPS) is 14.1. The smallest absolute Gasteiger partial charge is 0.264 e. The number of carbonyl (C=O) groups excluding carboxylic acids is 1. The van der Waals surface area contributed by atoms with Crippen molar-refractivity contribution in [3.05, 3.63) is 69.5 Å². The predicted octanol–water partition coefficient (Wildman–Crippen LogP) is 4.70. The quantitative estimate of drug-likeness (QED) is 0.512. The molecule has 3 rings (SSSR count). The molecule has 6 heteroatoms. The number of hydrogen-bond donors (Lipinski definition) is 0. The summed E-state index contributed by atoms with van der Waals surface area (Å²) in [5.74, 6) is -0.00550. The average Bonchev–Trinajstić information content (AvgIpc) is 3.21. The van der Waals surface area contributed by atoms with Crippen LogP contribution >= 0.6 is 15.9 Å². The highest BCUT2D eigenvalue weighted by Crippen LogP contribution is 2.27. The summed E-state index contributed by atoms with van der Waals surface area (Å²) in [6.45, 7) is 1.62. The number of hydrogen-bond acceptors (Lipinski definition) is 3. The van der Waals surface area contributed by atoms with E-state index in [2.05, 4.69) is 15.9 Å². The molecule has 0 radical (unpaired) electrons. The molecule has 1 aliphatic rings. The molecule has 1 heterocycles. The van der Waals surface area contributed by atoms with Gasteiger partial charge < -0.3 is 9.64 Å². The largest absolute Gasteiger partial charge is 0.488 e. The summed E-state index contributed by atoms with van der Waals surface area (Å²) >= 11 is 3.41. The Morgan fingerprint density at radius 2 is 1.93 bits per heavy atom. The van der Waals surface area contributed by atoms with Crippen molar-refractivity contribution in [2.45, 2.75) is 19.4 Å². The van der Waals surface area contributed by atoms with Crippen LogP contribution in [0.2, 0.25) is 0 Å². The van der Waals surface area contributed by atoms with Crippen LogP contribution in [0.1, 0.15) is 24.0 Å². The number of benzene rings is 2. The first kappa shape index (κ1) is 19.1. The Bertz CT molecular complexity index is 897. The Kier molecular flexibility index (Phi) is 6.25. The minimum Gasteiger partial charge on any atom is -0.488 e. The molecular formula is C21H18BrFN2O2. The highest BCUT2D eigenvalue weighted by Gasteiger charge is 2.21. The van der Waals surface area contributed by atoms with E-state index in [0.717, 1.165) is 22.9 Å². The van der Waals surface area contributed by atoms with Gasteiger partial charge in [-0.3, -0.25) is 4.79 Å². The standard InChI is InChI=1S/C21H18BrFN2O2/c22-18-5-8-20(27-14-15-3-6-19(23)7-4-15)16(12-18)11-17(13-24)21(26)25-9-1-2-10-25/h3-8,11-12H,1-2,9-10,14H2/b17-11+. The lowest BCUT2D eigenvalue weighted by atomic mass is 10.1. The number of ether oxygens (including phenoxy) is 1. The molecule has 0 atom stereocenters. The summed E-state index contributed by atoms with van der Waals surface area (Å²) in [6.07, 6.45) is 3.49. The summed E-state index contributed by atoms with van der Waals surface area (Å²) < 4.78 is 19.7. The maximum atomic E-state index is 13.0. The van der Waals surface area contributed by atoms with Gasteiger partial charge in [-0.2, -0.15) is 5.26 Å². The van der Waals surface area contributed by atoms with Crippen molar-refractivity contribution in [2.24, 2.45) is 0 Å². The third-order valence-electron chi connectivity index (χ3n) is 4.32. The van der Waals surface area contributed by atoms with E-state index in [0.29, 0.717) is 24.4 Å². The van der Waals surface area contributed by atoms with Crippen molar-refractivity contribution in [2.75, 3.05) is 13.1 Å². The third-order valence-corrected chi connectivity index (χ3v) is 4.82. The number of amides is 1. The number of nitrogens with zero attached hydrogens (tertiary/aromatic N) is 2. The van der Waals surface area contributed by atoms with Gasteiger partial charge in [-0.05, 0) is 54.8 Å². The molecule has 0 aliphatic carbocycles. The van der Waals surface area contributed by atoms with Gasteiger partial charge in [-0.1, -0.05) is 28.1 Å². The van der Waals surface area contributed by atoms with Gasteiger partial charge in [0.15, 0.2) is 0 Å². The van der Waals surface area contributed by atoms with Crippen molar-refractivity contribution >= 4 is 27.9 Å². The Hall–Kier alpha value is -2.65. The average molecular weight is 429 g/mol. The van der Waals surface area contributed by atoms with E-state index in [1.54, 1.807) is 35.2 Å². The lowest BCUT2D eigenvalue weighted by Gasteiger charge is -2.15. The van der Waals surface area contributed by atoms with Crippen LogP contribution < -0.4 is 4.74 Å². The molecule has 1 amide bonds. The van der Waals surface area contributed by atoms with Gasteiger partial charge in [-0.15, -0.1) is 0 Å². The van der Waals surface area contributed by atoms with Gasteiger partial charge in [0.1, 0.15) is 29.8 Å². The maximum Gasteiger partial charge on any atom is 0.264 e. The van der Waals surface area contributed by atoms with Gasteiger partial charge in [0.2, 0.25) is 0 Å². The van der Waals surface area contributed by atoms with Crippen molar-refractivity contribution in [3.8, 4) is 11.8 Å². The zero-order valence-electron chi connectivity index (χ0n) is 14.6. The Labute approximate surface area is 166 Å². The second kappa shape index (κ2) is 8.83. The first-order chi connectivity index (χ1) is 13.1. The maximum absolute atomic E-state index is 13.0. The molecule has 138 valence electrons. The number of likely N-dealkylation sites (tertiary alicyclic amines) is 1. The number of halogens is 2. The van der Waals surface area contributed by atoms with Crippen molar-refractivity contribution in [3.63, 3.8) is 0 Å². The fourth-order valence-electron chi connectivity index (χ4n) is 2.89. The molecule has 0 aromatic heterocycles. The molecule has 1 fully saturated rings. The van der Waals surface area contributed by atoms with Crippen molar-refractivity contribution in [1.82, 2.24) is 4.90 Å². The molecular weight excluding hydrogens is 411 g/mol. The Balaban J connectivity index is 1.83. The van der Waals surface area contributed by atoms with Crippen LogP contribution in [0, 0.1) is 17.1 Å². The van der Waals surface area contributed by atoms with Crippen LogP contribution in [0.4, 0.5) is 4.39 Å². The van der Waals surface area contributed by atoms with E-state index in [1.807, 2.05) is 12.1 Å². The molecule has 0 saturated carbocycles. The minimum absolute atomic E-state index is 0.0848. The van der Waals surface area contributed by atoms with Crippen LogP contribution in [0.15, 0.2) is 52.5 Å². The summed E-state index contributed by atoms with van der Waals surface area (Å²) in [7, 11) is 0. The molecule has 27 heavy (non-hydrogen) atoms. The molecule has 0 bridgehead atoms. The Morgan fingerprint density at radius 1 is 1.22 bits per heavy atom. The minimum atomic E-state index is -0.301. The van der Waals surface area contributed by atoms with Gasteiger partial charge in [0.25, 0.3) is 5.91 Å². The second-order valence-corrected chi connectivity index (χ2v) is 7.18. The Morgan fingerprint density at radius 3 is 2.59 bits per heavy atom. The predicted molar refractivity (Wildman–Crippen MR) is 104 cm³/mol. The highest BCUT2D eigenvalue weighted by atomic mass is 79.9. The van der Waals surface area contributed by atoms with Gasteiger partial charge in [-0.25, -0.2) is 4.39 Å². The zero-order valence-corrected chi connectivity index (χ0v) is 16.2. The van der Waals surface area contributed by atoms with E-state index < -0.39 is 0 Å². The first-order valence-electron chi connectivity index (χ1n) is 8.64. The number of nitriles is 1. The zero-order chi connectivity index (χ0) is 19.2. The first-order valence-corrected chi connectivity index (χ1v) is 9.44. The highest BCUT2D eigenvalue weighted by molar-refractivity contribution is 9.10. The SMILES string of the molecule is N#C/C(=C\c1cc(Br)ccc1OCc1ccc(F)cc1)C(=O)N1CCCC1. The van der Waals surface area contributed by atoms with E-state index in [4.69, 9.17) is 4.74 Å². The van der Waals surface area contributed by atoms with Gasteiger partial charge >= 0.3 is 0 Å². The van der Waals surface area contributed by atoms with E-state index >= 15 is 0 Å². The fourth-order valence-corrected chi connectivity index (χ4v) is 3.27. The van der Waals surface area contributed by atoms with Crippen LogP contribution in [-0.4, -0.2) is 23.9 Å². The van der Waals surface area contributed by atoms with Crippen molar-refractivity contribution in [1.29, 1.82) is 5.26 Å². The molecule has 0 N–H and O–H groups in total. The van der Waals surface area contributed by atoms with Crippen LogP contribution in [-0.2, 0) is 11.4 Å². The molecule has 2 aromatic rings. The fraction of sp³-hybridized carbons (Fsp3) is 0.238. The van der Waals surface area contributed by atoms with Crippen LogP contribution in [0.3, 0.4) is 0 Å². The van der Waals surface area contributed by atoms with Crippen LogP contribution in [0.25, 0.3) is 6.08 Å². The summed E-state index contributed by atoms with van der Waals surface area (Å²) in [6, 6.07) is 13.5. The van der Waals surface area contributed by atoms with E-state index in [-0.39, 0.29) is 23.9 Å². The molecule has 0 spiro atoms. The molecule has 0 unspecified atom stereocenters. The van der Waals surface area contributed by atoms with E-state index in [9.17, 15) is 14.4 Å². The molecule has 1 aliphatic heterocycles. The molecule has 2 aromatic carbocycles. The lowest BCUT2D eigenvalue weighted by molar-refractivity contribution is -0.125. The third kappa shape index (κ3) is 4.95. The molecule has 1 saturated heterocycles. The van der Waals surface area contributed by atoms with Crippen molar-refractivity contribution < 1.29 is 13.9 Å². The summed E-state index contributed by atoms with van der Waals surface area (Å²) in [5, 5.41) is 9.46. The monoisotopic (exact) mass is 428 g/mol. The van der Waals surface area contributed by atoms with Gasteiger partial charge in [0.05, 0.1) is 0 Å². The van der Waals surface area contributed by atoms with Crippen LogP contribution in [0.5, 0.6) is 5.75 Å². The van der Waals surface area contributed by atoms with Gasteiger partial charge in [0, 0.05) is 23.1 Å². The second-order valence-electron chi connectivity index (χ2n) is 6.27. The van der Waals surface area contributed by atoms with E-state index in [1.165, 1.54) is 12.1 Å². The lowest BCUT2D eigenvalue weighted by Crippen LogP contribution is -2.28.